The maximum atomic E-state index is 13.9. The first kappa shape index (κ1) is 22.5. The third-order valence-corrected chi connectivity index (χ3v) is 6.68. The van der Waals surface area contributed by atoms with Gasteiger partial charge in [0.05, 0.1) is 11.3 Å². The monoisotopic (exact) mass is 456 g/mol. The van der Waals surface area contributed by atoms with Crippen LogP contribution in [-0.4, -0.2) is 61.7 Å². The molecule has 0 radical (unpaired) electrons. The summed E-state index contributed by atoms with van der Waals surface area (Å²) in [4.78, 5) is 21.4. The van der Waals surface area contributed by atoms with Crippen molar-refractivity contribution < 1.29 is 13.9 Å². The van der Waals surface area contributed by atoms with E-state index in [0.29, 0.717) is 24.2 Å². The van der Waals surface area contributed by atoms with Crippen molar-refractivity contribution in [2.24, 2.45) is 0 Å². The van der Waals surface area contributed by atoms with Crippen molar-refractivity contribution in [3.05, 3.63) is 53.8 Å². The number of hydrogen-bond acceptors (Lipinski definition) is 6. The number of nitrogens with one attached hydrogen (secondary N) is 1. The first-order valence-corrected chi connectivity index (χ1v) is 12.0. The van der Waals surface area contributed by atoms with Crippen LogP contribution in [0.1, 0.15) is 30.1 Å². The van der Waals surface area contributed by atoms with Gasteiger partial charge in [-0.25, -0.2) is 9.37 Å². The number of fused-ring (bicyclic) bond motifs is 1. The van der Waals surface area contributed by atoms with Crippen LogP contribution < -0.4 is 15.0 Å². The molecule has 8 heteroatoms. The van der Waals surface area contributed by atoms with Gasteiger partial charge in [-0.05, 0) is 42.8 Å². The number of nitrogens with zero attached hydrogens (tertiary/aromatic N) is 3. The molecule has 0 saturated carbocycles. The van der Waals surface area contributed by atoms with Crippen molar-refractivity contribution in [1.29, 1.82) is 0 Å². The molecular formula is C24H29FN4O2S. The van der Waals surface area contributed by atoms with Crippen LogP contribution in [-0.2, 0) is 0 Å². The van der Waals surface area contributed by atoms with Crippen molar-refractivity contribution in [2.45, 2.75) is 19.8 Å². The van der Waals surface area contributed by atoms with Gasteiger partial charge in [-0.1, -0.05) is 30.7 Å². The summed E-state index contributed by atoms with van der Waals surface area (Å²) in [5.74, 6) is 0.460. The van der Waals surface area contributed by atoms with Crippen LogP contribution in [0.15, 0.2) is 42.5 Å². The third kappa shape index (κ3) is 5.55. The SMILES string of the molecule is CCCCOc1ccc(C(=O)NCCN2CCN(c3nc4c(F)cccc4s3)CC2)cc1. The number of piperazine rings is 1. The zero-order valence-electron chi connectivity index (χ0n) is 18.3. The van der Waals surface area contributed by atoms with Crippen molar-refractivity contribution in [3.8, 4) is 5.75 Å². The number of carbonyl (C=O) groups excluding carboxylic acids is 1. The zero-order chi connectivity index (χ0) is 22.3. The molecule has 1 saturated heterocycles. The van der Waals surface area contributed by atoms with Crippen LogP contribution in [0, 0.1) is 5.82 Å². The quantitative estimate of drug-likeness (QED) is 0.490. The van der Waals surface area contributed by atoms with Gasteiger partial charge in [-0.2, -0.15) is 0 Å². The Labute approximate surface area is 192 Å². The topological polar surface area (TPSA) is 57.7 Å². The molecule has 4 rings (SSSR count). The van der Waals surface area contributed by atoms with E-state index in [4.69, 9.17) is 4.74 Å². The largest absolute Gasteiger partial charge is 0.494 e. The van der Waals surface area contributed by atoms with Crippen LogP contribution in [0.5, 0.6) is 5.75 Å². The number of hydrogen-bond donors (Lipinski definition) is 1. The van der Waals surface area contributed by atoms with Gasteiger partial charge in [0, 0.05) is 44.8 Å². The van der Waals surface area contributed by atoms with Crippen molar-refractivity contribution in [2.75, 3.05) is 50.8 Å². The number of rotatable bonds is 9. The number of thiazole rings is 1. The molecule has 1 aromatic heterocycles. The Balaban J connectivity index is 1.19. The van der Waals surface area contributed by atoms with Gasteiger partial charge in [0.15, 0.2) is 5.13 Å². The molecule has 0 aliphatic carbocycles. The van der Waals surface area contributed by atoms with Crippen LogP contribution in [0.25, 0.3) is 10.2 Å². The second-order valence-corrected chi connectivity index (χ2v) is 8.90. The lowest BCUT2D eigenvalue weighted by Crippen LogP contribution is -2.48. The van der Waals surface area contributed by atoms with E-state index in [-0.39, 0.29) is 11.7 Å². The molecule has 170 valence electrons. The normalized spacial score (nSPS) is 14.6. The fraction of sp³-hybridized carbons (Fsp3) is 0.417. The Bertz CT molecular complexity index is 1030. The Hall–Kier alpha value is -2.71. The van der Waals surface area contributed by atoms with Gasteiger partial charge in [-0.3, -0.25) is 9.69 Å². The standard InChI is InChI=1S/C24H29FN4O2S/c1-2-3-17-31-19-9-7-18(8-10-19)23(30)26-11-12-28-13-15-29(16-14-28)24-27-22-20(25)5-4-6-21(22)32-24/h4-10H,2-3,11-17H2,1H3,(H,26,30). The van der Waals surface area contributed by atoms with Gasteiger partial charge >= 0.3 is 0 Å². The van der Waals surface area contributed by atoms with E-state index >= 15 is 0 Å². The molecule has 1 fully saturated rings. The predicted molar refractivity (Wildman–Crippen MR) is 127 cm³/mol. The summed E-state index contributed by atoms with van der Waals surface area (Å²) < 4.78 is 20.4. The third-order valence-electron chi connectivity index (χ3n) is 5.60. The fourth-order valence-corrected chi connectivity index (χ4v) is 4.70. The highest BCUT2D eigenvalue weighted by Gasteiger charge is 2.20. The highest BCUT2D eigenvalue weighted by molar-refractivity contribution is 7.22. The number of anilines is 1. The Kier molecular flexibility index (Phi) is 7.55. The molecule has 0 bridgehead atoms. The fourth-order valence-electron chi connectivity index (χ4n) is 3.67. The smallest absolute Gasteiger partial charge is 0.251 e. The van der Waals surface area contributed by atoms with Crippen LogP contribution in [0.4, 0.5) is 9.52 Å². The molecular weight excluding hydrogens is 427 g/mol. The number of halogens is 1. The minimum atomic E-state index is -0.266. The molecule has 1 aliphatic rings. The molecule has 3 aromatic rings. The molecule has 1 amide bonds. The number of aromatic nitrogens is 1. The Morgan fingerprint density at radius 2 is 1.94 bits per heavy atom. The van der Waals surface area contributed by atoms with Crippen molar-refractivity contribution in [1.82, 2.24) is 15.2 Å². The van der Waals surface area contributed by atoms with E-state index in [1.807, 2.05) is 18.2 Å². The molecule has 1 N–H and O–H groups in total. The van der Waals surface area contributed by atoms with E-state index in [1.165, 1.54) is 17.4 Å². The minimum absolute atomic E-state index is 0.0692. The second-order valence-electron chi connectivity index (χ2n) is 7.89. The highest BCUT2D eigenvalue weighted by Crippen LogP contribution is 2.30. The molecule has 0 atom stereocenters. The average Bonchev–Trinajstić information content (AvgIpc) is 3.26. The van der Waals surface area contributed by atoms with Crippen LogP contribution in [0.3, 0.4) is 0 Å². The zero-order valence-corrected chi connectivity index (χ0v) is 19.2. The second kappa shape index (κ2) is 10.7. The molecule has 2 aromatic carbocycles. The van der Waals surface area contributed by atoms with E-state index in [9.17, 15) is 9.18 Å². The van der Waals surface area contributed by atoms with Gasteiger partial charge in [0.2, 0.25) is 0 Å². The van der Waals surface area contributed by atoms with E-state index in [2.05, 4.69) is 27.0 Å². The van der Waals surface area contributed by atoms with Gasteiger partial charge in [0.25, 0.3) is 5.91 Å². The van der Waals surface area contributed by atoms with Gasteiger partial charge in [-0.15, -0.1) is 0 Å². The predicted octanol–water partition coefficient (Wildman–Crippen LogP) is 4.17. The summed E-state index contributed by atoms with van der Waals surface area (Å²) in [5, 5.41) is 3.87. The Morgan fingerprint density at radius 1 is 1.16 bits per heavy atom. The summed E-state index contributed by atoms with van der Waals surface area (Å²) in [6, 6.07) is 12.4. The lowest BCUT2D eigenvalue weighted by molar-refractivity contribution is 0.0947. The van der Waals surface area contributed by atoms with Gasteiger partial charge in [0.1, 0.15) is 17.1 Å². The molecule has 32 heavy (non-hydrogen) atoms. The molecule has 0 unspecified atom stereocenters. The summed E-state index contributed by atoms with van der Waals surface area (Å²) in [6.07, 6.45) is 2.12. The Morgan fingerprint density at radius 3 is 2.66 bits per heavy atom. The highest BCUT2D eigenvalue weighted by atomic mass is 32.1. The number of benzene rings is 2. The maximum absolute atomic E-state index is 13.9. The summed E-state index contributed by atoms with van der Waals surface area (Å²) >= 11 is 1.54. The van der Waals surface area contributed by atoms with Crippen LogP contribution in [0.2, 0.25) is 0 Å². The maximum Gasteiger partial charge on any atom is 0.251 e. The van der Waals surface area contributed by atoms with Crippen molar-refractivity contribution in [3.63, 3.8) is 0 Å². The molecule has 0 spiro atoms. The summed E-state index contributed by atoms with van der Waals surface area (Å²) in [7, 11) is 0. The molecule has 1 aliphatic heterocycles. The lowest BCUT2D eigenvalue weighted by Gasteiger charge is -2.34. The van der Waals surface area contributed by atoms with E-state index < -0.39 is 0 Å². The van der Waals surface area contributed by atoms with Crippen molar-refractivity contribution >= 4 is 32.6 Å². The summed E-state index contributed by atoms with van der Waals surface area (Å²) in [6.45, 7) is 7.68. The molecule has 2 heterocycles. The van der Waals surface area contributed by atoms with Crippen LogP contribution >= 0.6 is 11.3 Å². The number of ether oxygens (including phenoxy) is 1. The first-order chi connectivity index (χ1) is 15.6. The number of carbonyl (C=O) groups is 1. The first-order valence-electron chi connectivity index (χ1n) is 11.2. The van der Waals surface area contributed by atoms with E-state index in [1.54, 1.807) is 18.2 Å². The number of amides is 1. The minimum Gasteiger partial charge on any atom is -0.494 e. The molecule has 6 nitrogen and oxygen atoms in total. The average molecular weight is 457 g/mol. The number of unbranched alkanes of at least 4 members (excludes halogenated alkanes) is 1. The van der Waals surface area contributed by atoms with Gasteiger partial charge < -0.3 is 15.0 Å². The van der Waals surface area contributed by atoms with E-state index in [0.717, 1.165) is 61.1 Å². The lowest BCUT2D eigenvalue weighted by atomic mass is 10.2. The summed E-state index contributed by atoms with van der Waals surface area (Å²) in [5.41, 5.74) is 1.10. The number of para-hydroxylation sites is 1.